The van der Waals surface area contributed by atoms with Crippen molar-refractivity contribution in [3.05, 3.63) is 24.2 Å². The second-order valence-corrected chi connectivity index (χ2v) is 5.83. The van der Waals surface area contributed by atoms with Crippen molar-refractivity contribution in [3.63, 3.8) is 0 Å². The highest BCUT2D eigenvalue weighted by atomic mass is 16.2. The molecule has 0 bridgehead atoms. The van der Waals surface area contributed by atoms with Crippen molar-refractivity contribution in [1.82, 2.24) is 24.8 Å². The number of aromatic nitrogens is 3. The highest BCUT2D eigenvalue weighted by Crippen LogP contribution is 2.27. The number of pyridine rings is 1. The monoisotopic (exact) mass is 301 g/mol. The molecule has 2 aromatic heterocycles. The maximum Gasteiger partial charge on any atom is 0.317 e. The number of hydrogen-bond donors (Lipinski definition) is 1. The molecule has 0 aromatic carbocycles. The van der Waals surface area contributed by atoms with Crippen LogP contribution in [0.5, 0.6) is 0 Å². The molecule has 0 aliphatic carbocycles. The summed E-state index contributed by atoms with van der Waals surface area (Å²) < 4.78 is 2.23. The molecule has 0 saturated carbocycles. The predicted octanol–water partition coefficient (Wildman–Crippen LogP) is 2.50. The number of hydrogen-bond acceptors (Lipinski definition) is 3. The van der Waals surface area contributed by atoms with E-state index < -0.39 is 0 Å². The summed E-state index contributed by atoms with van der Waals surface area (Å²) in [5.41, 5.74) is 1.90. The number of rotatable bonds is 3. The number of amides is 2. The summed E-state index contributed by atoms with van der Waals surface area (Å²) in [6.07, 6.45) is 4.67. The van der Waals surface area contributed by atoms with Gasteiger partial charge in [-0.1, -0.05) is 6.92 Å². The van der Waals surface area contributed by atoms with Gasteiger partial charge in [0.05, 0.1) is 0 Å². The Labute approximate surface area is 130 Å². The molecule has 1 aliphatic heterocycles. The van der Waals surface area contributed by atoms with E-state index in [9.17, 15) is 4.79 Å². The summed E-state index contributed by atoms with van der Waals surface area (Å²) >= 11 is 0. The third-order valence-electron chi connectivity index (χ3n) is 4.27. The van der Waals surface area contributed by atoms with Gasteiger partial charge in [-0.25, -0.2) is 14.8 Å². The zero-order valence-electron chi connectivity index (χ0n) is 13.2. The van der Waals surface area contributed by atoms with Gasteiger partial charge in [0.25, 0.3) is 0 Å². The van der Waals surface area contributed by atoms with Crippen molar-refractivity contribution in [1.29, 1.82) is 0 Å². The Morgan fingerprint density at radius 1 is 1.41 bits per heavy atom. The molecule has 1 fully saturated rings. The molecule has 6 heteroatoms. The minimum absolute atomic E-state index is 0.0608. The van der Waals surface area contributed by atoms with E-state index >= 15 is 0 Å². The molecule has 1 N–H and O–H groups in total. The zero-order valence-corrected chi connectivity index (χ0v) is 13.2. The first-order valence-corrected chi connectivity index (χ1v) is 8.03. The molecule has 2 amide bonds. The summed E-state index contributed by atoms with van der Waals surface area (Å²) in [6.45, 7) is 6.40. The molecule has 1 aliphatic rings. The van der Waals surface area contributed by atoms with E-state index in [1.807, 2.05) is 30.2 Å². The van der Waals surface area contributed by atoms with Gasteiger partial charge in [0.1, 0.15) is 11.3 Å². The summed E-state index contributed by atoms with van der Waals surface area (Å²) in [6, 6.07) is 4.35. The van der Waals surface area contributed by atoms with Crippen molar-refractivity contribution < 1.29 is 4.79 Å². The molecule has 6 nitrogen and oxygen atoms in total. The van der Waals surface area contributed by atoms with Crippen LogP contribution in [0.25, 0.3) is 11.2 Å². The van der Waals surface area contributed by atoms with Crippen LogP contribution in [0.1, 0.15) is 38.1 Å². The van der Waals surface area contributed by atoms with Crippen LogP contribution in [0.15, 0.2) is 18.3 Å². The summed E-state index contributed by atoms with van der Waals surface area (Å²) in [5, 5.41) is 2.95. The van der Waals surface area contributed by atoms with E-state index in [0.29, 0.717) is 6.04 Å². The van der Waals surface area contributed by atoms with E-state index in [4.69, 9.17) is 0 Å². The van der Waals surface area contributed by atoms with Crippen LogP contribution in [0.4, 0.5) is 4.79 Å². The lowest BCUT2D eigenvalue weighted by Gasteiger charge is -2.33. The standard InChI is InChI=1S/C16H23N5O/c1-3-8-18-16(22)20-10-6-13(7-11-20)21-12(2)19-14-5-4-9-17-15(14)21/h4-5,9,13H,3,6-8,10-11H2,1-2H3,(H,18,22). The van der Waals surface area contributed by atoms with Gasteiger partial charge in [0, 0.05) is 31.9 Å². The van der Waals surface area contributed by atoms with Gasteiger partial charge in [-0.2, -0.15) is 0 Å². The lowest BCUT2D eigenvalue weighted by atomic mass is 10.0. The fraction of sp³-hybridized carbons (Fsp3) is 0.562. The van der Waals surface area contributed by atoms with Crippen molar-refractivity contribution in [2.45, 2.75) is 39.2 Å². The first-order valence-electron chi connectivity index (χ1n) is 8.03. The third-order valence-corrected chi connectivity index (χ3v) is 4.27. The molecule has 0 unspecified atom stereocenters. The topological polar surface area (TPSA) is 63.1 Å². The number of nitrogens with zero attached hydrogens (tertiary/aromatic N) is 4. The van der Waals surface area contributed by atoms with E-state index in [1.165, 1.54) is 0 Å². The van der Waals surface area contributed by atoms with Gasteiger partial charge in [0.2, 0.25) is 0 Å². The van der Waals surface area contributed by atoms with Gasteiger partial charge in [-0.15, -0.1) is 0 Å². The van der Waals surface area contributed by atoms with Crippen LogP contribution in [0.3, 0.4) is 0 Å². The Bertz CT molecular complexity index is 658. The smallest absolute Gasteiger partial charge is 0.317 e. The van der Waals surface area contributed by atoms with Crippen LogP contribution < -0.4 is 5.32 Å². The number of carbonyl (C=O) groups is 1. The molecule has 0 atom stereocenters. The maximum atomic E-state index is 12.0. The number of imidazole rings is 1. The van der Waals surface area contributed by atoms with Gasteiger partial charge >= 0.3 is 6.03 Å². The molecule has 1 saturated heterocycles. The van der Waals surface area contributed by atoms with E-state index in [0.717, 1.165) is 55.9 Å². The first-order chi connectivity index (χ1) is 10.7. The molecule has 118 valence electrons. The molecule has 3 heterocycles. The summed E-state index contributed by atoms with van der Waals surface area (Å²) in [5.74, 6) is 1.00. The van der Waals surface area contributed by atoms with Crippen LogP contribution in [0, 0.1) is 6.92 Å². The van der Waals surface area contributed by atoms with E-state index in [-0.39, 0.29) is 6.03 Å². The van der Waals surface area contributed by atoms with Crippen molar-refractivity contribution >= 4 is 17.2 Å². The molecule has 0 spiro atoms. The maximum absolute atomic E-state index is 12.0. The quantitative estimate of drug-likeness (QED) is 0.947. The molecular formula is C16H23N5O. The third kappa shape index (κ3) is 2.77. The van der Waals surface area contributed by atoms with Gasteiger partial charge in [-0.3, -0.25) is 0 Å². The molecular weight excluding hydrogens is 278 g/mol. The average molecular weight is 301 g/mol. The van der Waals surface area contributed by atoms with Crippen LogP contribution in [-0.2, 0) is 0 Å². The Balaban J connectivity index is 1.70. The molecule has 2 aromatic rings. The molecule has 22 heavy (non-hydrogen) atoms. The number of piperidine rings is 1. The Morgan fingerprint density at radius 3 is 2.91 bits per heavy atom. The fourth-order valence-corrected chi connectivity index (χ4v) is 3.15. The van der Waals surface area contributed by atoms with Crippen LogP contribution >= 0.6 is 0 Å². The number of carbonyl (C=O) groups excluding carboxylic acids is 1. The SMILES string of the molecule is CCCNC(=O)N1CCC(n2c(C)nc3cccnc32)CC1. The van der Waals surface area contributed by atoms with E-state index in [2.05, 4.69) is 26.8 Å². The second kappa shape index (κ2) is 6.34. The number of fused-ring (bicyclic) bond motifs is 1. The van der Waals surface area contributed by atoms with Crippen LogP contribution in [0.2, 0.25) is 0 Å². The minimum Gasteiger partial charge on any atom is -0.338 e. The van der Waals surface area contributed by atoms with Gasteiger partial charge in [0.15, 0.2) is 5.65 Å². The zero-order chi connectivity index (χ0) is 15.5. The second-order valence-electron chi connectivity index (χ2n) is 5.83. The van der Waals surface area contributed by atoms with Crippen molar-refractivity contribution in [2.24, 2.45) is 0 Å². The highest BCUT2D eigenvalue weighted by Gasteiger charge is 2.26. The average Bonchev–Trinajstić information content (AvgIpc) is 2.88. The summed E-state index contributed by atoms with van der Waals surface area (Å²) in [7, 11) is 0. The highest BCUT2D eigenvalue weighted by molar-refractivity contribution is 5.74. The fourth-order valence-electron chi connectivity index (χ4n) is 3.15. The Morgan fingerprint density at radius 2 is 2.18 bits per heavy atom. The van der Waals surface area contributed by atoms with Gasteiger partial charge in [-0.05, 0) is 38.3 Å². The molecule has 3 rings (SSSR count). The first kappa shape index (κ1) is 14.8. The largest absolute Gasteiger partial charge is 0.338 e. The van der Waals surface area contributed by atoms with Crippen LogP contribution in [-0.4, -0.2) is 45.1 Å². The lowest BCUT2D eigenvalue weighted by molar-refractivity contribution is 0.172. The Hall–Kier alpha value is -2.11. The lowest BCUT2D eigenvalue weighted by Crippen LogP contribution is -2.45. The Kier molecular flexibility index (Phi) is 4.27. The summed E-state index contributed by atoms with van der Waals surface area (Å²) in [4.78, 5) is 23.0. The molecule has 0 radical (unpaired) electrons. The van der Waals surface area contributed by atoms with E-state index in [1.54, 1.807) is 0 Å². The van der Waals surface area contributed by atoms with Crippen molar-refractivity contribution in [3.8, 4) is 0 Å². The number of likely N-dealkylation sites (tertiary alicyclic amines) is 1. The minimum atomic E-state index is 0.0608. The number of aryl methyl sites for hydroxylation is 1. The number of nitrogens with one attached hydrogen (secondary N) is 1. The predicted molar refractivity (Wildman–Crippen MR) is 85.8 cm³/mol. The van der Waals surface area contributed by atoms with Gasteiger partial charge < -0.3 is 14.8 Å². The number of urea groups is 1. The normalized spacial score (nSPS) is 16.2. The van der Waals surface area contributed by atoms with Crippen molar-refractivity contribution in [2.75, 3.05) is 19.6 Å².